The SMILES string of the molecule is COc1cccc(C(=O)N(C)[C@H]2CCCN(c3ccccn3)C2)c1. The van der Waals surface area contributed by atoms with Gasteiger partial charge in [0.15, 0.2) is 0 Å². The number of hydrogen-bond acceptors (Lipinski definition) is 4. The molecule has 1 fully saturated rings. The van der Waals surface area contributed by atoms with Crippen LogP contribution >= 0.6 is 0 Å². The maximum atomic E-state index is 12.8. The smallest absolute Gasteiger partial charge is 0.254 e. The molecular weight excluding hydrogens is 302 g/mol. The van der Waals surface area contributed by atoms with Gasteiger partial charge in [-0.15, -0.1) is 0 Å². The molecule has 1 aromatic carbocycles. The summed E-state index contributed by atoms with van der Waals surface area (Å²) >= 11 is 0. The first-order valence-corrected chi connectivity index (χ1v) is 8.26. The number of rotatable bonds is 4. The molecule has 1 aliphatic rings. The predicted octanol–water partition coefficient (Wildman–Crippen LogP) is 2.83. The lowest BCUT2D eigenvalue weighted by atomic mass is 10.0. The fourth-order valence-corrected chi connectivity index (χ4v) is 3.15. The Morgan fingerprint density at radius 3 is 2.92 bits per heavy atom. The molecule has 0 aliphatic carbocycles. The first-order valence-electron chi connectivity index (χ1n) is 8.26. The van der Waals surface area contributed by atoms with Gasteiger partial charge in [-0.3, -0.25) is 4.79 Å². The van der Waals surface area contributed by atoms with Gasteiger partial charge in [0.1, 0.15) is 11.6 Å². The van der Waals surface area contributed by atoms with Crippen LogP contribution < -0.4 is 9.64 Å². The molecule has 5 nitrogen and oxygen atoms in total. The highest BCUT2D eigenvalue weighted by Gasteiger charge is 2.27. The third-order valence-corrected chi connectivity index (χ3v) is 4.55. The van der Waals surface area contributed by atoms with Crippen molar-refractivity contribution in [3.8, 4) is 5.75 Å². The second-order valence-electron chi connectivity index (χ2n) is 6.08. The van der Waals surface area contributed by atoms with Gasteiger partial charge in [-0.1, -0.05) is 12.1 Å². The van der Waals surface area contributed by atoms with Crippen LogP contribution in [-0.4, -0.2) is 49.1 Å². The van der Waals surface area contributed by atoms with Gasteiger partial charge in [-0.2, -0.15) is 0 Å². The van der Waals surface area contributed by atoms with Crippen LogP contribution in [0.25, 0.3) is 0 Å². The summed E-state index contributed by atoms with van der Waals surface area (Å²) in [6.07, 6.45) is 3.87. The molecule has 0 unspecified atom stereocenters. The Balaban J connectivity index is 1.71. The van der Waals surface area contributed by atoms with E-state index in [-0.39, 0.29) is 11.9 Å². The van der Waals surface area contributed by atoms with Crippen LogP contribution in [0.3, 0.4) is 0 Å². The number of likely N-dealkylation sites (N-methyl/N-ethyl adjacent to an activating group) is 1. The number of anilines is 1. The minimum atomic E-state index is 0.0294. The van der Waals surface area contributed by atoms with Gasteiger partial charge < -0.3 is 14.5 Å². The first-order chi connectivity index (χ1) is 11.7. The first kappa shape index (κ1) is 16.3. The van der Waals surface area contributed by atoms with E-state index in [0.717, 1.165) is 31.7 Å². The molecule has 1 atom stereocenters. The average molecular weight is 325 g/mol. The molecule has 0 spiro atoms. The summed E-state index contributed by atoms with van der Waals surface area (Å²) in [5.74, 6) is 1.71. The molecule has 1 amide bonds. The largest absolute Gasteiger partial charge is 0.497 e. The number of aromatic nitrogens is 1. The van der Waals surface area contributed by atoms with Crippen molar-refractivity contribution in [3.05, 3.63) is 54.2 Å². The summed E-state index contributed by atoms with van der Waals surface area (Å²) in [4.78, 5) is 21.3. The second-order valence-corrected chi connectivity index (χ2v) is 6.08. The maximum Gasteiger partial charge on any atom is 0.254 e. The summed E-state index contributed by atoms with van der Waals surface area (Å²) in [6, 6.07) is 13.4. The van der Waals surface area contributed by atoms with Crippen molar-refractivity contribution in [1.82, 2.24) is 9.88 Å². The Bertz CT molecular complexity index is 690. The third kappa shape index (κ3) is 3.50. The summed E-state index contributed by atoms with van der Waals surface area (Å²) in [7, 11) is 3.49. The van der Waals surface area contributed by atoms with Crippen LogP contribution in [0.5, 0.6) is 5.75 Å². The van der Waals surface area contributed by atoms with Crippen LogP contribution in [0, 0.1) is 0 Å². The number of ether oxygens (including phenoxy) is 1. The Hall–Kier alpha value is -2.56. The molecule has 1 aromatic heterocycles. The number of piperidine rings is 1. The summed E-state index contributed by atoms with van der Waals surface area (Å²) < 4.78 is 5.22. The number of amides is 1. The fraction of sp³-hybridized carbons (Fsp3) is 0.368. The van der Waals surface area contributed by atoms with E-state index in [2.05, 4.69) is 9.88 Å². The lowest BCUT2D eigenvalue weighted by Gasteiger charge is -2.38. The van der Waals surface area contributed by atoms with Crippen molar-refractivity contribution in [2.45, 2.75) is 18.9 Å². The predicted molar refractivity (Wildman–Crippen MR) is 94.6 cm³/mol. The summed E-state index contributed by atoms with van der Waals surface area (Å²) in [6.45, 7) is 1.79. The van der Waals surface area contributed by atoms with Gasteiger partial charge in [-0.05, 0) is 43.2 Å². The monoisotopic (exact) mass is 325 g/mol. The highest BCUT2D eigenvalue weighted by atomic mass is 16.5. The maximum absolute atomic E-state index is 12.8. The number of hydrogen-bond donors (Lipinski definition) is 0. The normalized spacial score (nSPS) is 17.4. The lowest BCUT2D eigenvalue weighted by Crippen LogP contribution is -2.48. The van der Waals surface area contributed by atoms with E-state index >= 15 is 0 Å². The van der Waals surface area contributed by atoms with Gasteiger partial charge in [0.25, 0.3) is 5.91 Å². The van der Waals surface area contributed by atoms with Crippen LogP contribution in [0.2, 0.25) is 0 Å². The van der Waals surface area contributed by atoms with E-state index in [4.69, 9.17) is 4.74 Å². The zero-order valence-electron chi connectivity index (χ0n) is 14.2. The van der Waals surface area contributed by atoms with E-state index in [1.54, 1.807) is 13.2 Å². The Morgan fingerprint density at radius 1 is 1.29 bits per heavy atom. The molecule has 5 heteroatoms. The fourth-order valence-electron chi connectivity index (χ4n) is 3.15. The molecule has 0 saturated carbocycles. The molecule has 1 saturated heterocycles. The molecule has 126 valence electrons. The van der Waals surface area contributed by atoms with Crippen LogP contribution in [0.1, 0.15) is 23.2 Å². The lowest BCUT2D eigenvalue weighted by molar-refractivity contribution is 0.0717. The highest BCUT2D eigenvalue weighted by molar-refractivity contribution is 5.94. The van der Waals surface area contributed by atoms with E-state index in [9.17, 15) is 4.79 Å². The van der Waals surface area contributed by atoms with Gasteiger partial charge in [0.05, 0.1) is 7.11 Å². The topological polar surface area (TPSA) is 45.7 Å². The number of pyridine rings is 1. The second kappa shape index (κ2) is 7.34. The molecule has 2 heterocycles. The van der Waals surface area contributed by atoms with Crippen molar-refractivity contribution in [2.75, 3.05) is 32.1 Å². The number of methoxy groups -OCH3 is 1. The van der Waals surface area contributed by atoms with E-state index < -0.39 is 0 Å². The van der Waals surface area contributed by atoms with Crippen molar-refractivity contribution in [3.63, 3.8) is 0 Å². The van der Waals surface area contributed by atoms with Crippen LogP contribution in [-0.2, 0) is 0 Å². The van der Waals surface area contributed by atoms with E-state index in [0.29, 0.717) is 11.3 Å². The minimum absolute atomic E-state index is 0.0294. The van der Waals surface area contributed by atoms with E-state index in [1.165, 1.54) is 0 Å². The molecule has 0 N–H and O–H groups in total. The van der Waals surface area contributed by atoms with Crippen molar-refractivity contribution in [2.24, 2.45) is 0 Å². The molecule has 0 radical (unpaired) electrons. The average Bonchev–Trinajstić information content (AvgIpc) is 2.67. The van der Waals surface area contributed by atoms with Crippen LogP contribution in [0.4, 0.5) is 5.82 Å². The van der Waals surface area contributed by atoms with Gasteiger partial charge in [-0.25, -0.2) is 4.98 Å². The highest BCUT2D eigenvalue weighted by Crippen LogP contribution is 2.22. The number of carbonyl (C=O) groups is 1. The summed E-state index contributed by atoms with van der Waals surface area (Å²) in [5, 5.41) is 0. The van der Waals surface area contributed by atoms with Gasteiger partial charge in [0.2, 0.25) is 0 Å². The van der Waals surface area contributed by atoms with Crippen molar-refractivity contribution in [1.29, 1.82) is 0 Å². The Kier molecular flexibility index (Phi) is 4.99. The van der Waals surface area contributed by atoms with Crippen molar-refractivity contribution < 1.29 is 9.53 Å². The summed E-state index contributed by atoms with van der Waals surface area (Å²) in [5.41, 5.74) is 0.659. The number of carbonyl (C=O) groups excluding carboxylic acids is 1. The quantitative estimate of drug-likeness (QED) is 0.867. The van der Waals surface area contributed by atoms with Crippen LogP contribution in [0.15, 0.2) is 48.7 Å². The number of nitrogens with zero attached hydrogens (tertiary/aromatic N) is 3. The molecule has 2 aromatic rings. The molecule has 24 heavy (non-hydrogen) atoms. The standard InChI is InChI=1S/C19H23N3O2/c1-21(19(23)15-7-5-9-17(13-15)24-2)16-8-6-12-22(14-16)18-10-3-4-11-20-18/h3-5,7,9-11,13,16H,6,8,12,14H2,1-2H3/t16-/m0/s1. The van der Waals surface area contributed by atoms with E-state index in [1.807, 2.05) is 54.5 Å². The van der Waals surface area contributed by atoms with Gasteiger partial charge >= 0.3 is 0 Å². The number of benzene rings is 1. The Labute approximate surface area is 142 Å². The zero-order chi connectivity index (χ0) is 16.9. The van der Waals surface area contributed by atoms with Gasteiger partial charge in [0, 0.05) is 37.9 Å². The Morgan fingerprint density at radius 2 is 2.17 bits per heavy atom. The molecule has 3 rings (SSSR count). The zero-order valence-corrected chi connectivity index (χ0v) is 14.2. The molecule has 1 aliphatic heterocycles. The molecule has 0 bridgehead atoms. The third-order valence-electron chi connectivity index (χ3n) is 4.55. The minimum Gasteiger partial charge on any atom is -0.497 e. The molecular formula is C19H23N3O2. The van der Waals surface area contributed by atoms with Crippen molar-refractivity contribution >= 4 is 11.7 Å².